The van der Waals surface area contributed by atoms with Gasteiger partial charge in [-0.2, -0.15) is 0 Å². The molecule has 0 bridgehead atoms. The summed E-state index contributed by atoms with van der Waals surface area (Å²) < 4.78 is 20.0. The summed E-state index contributed by atoms with van der Waals surface area (Å²) in [5.74, 6) is -0.374. The Morgan fingerprint density at radius 1 is 1.46 bits per heavy atom. The van der Waals surface area contributed by atoms with Gasteiger partial charge in [-0.25, -0.2) is 14.2 Å². The zero-order valence-electron chi connectivity index (χ0n) is 13.2. The van der Waals surface area contributed by atoms with Gasteiger partial charge in [-0.05, 0) is 19.1 Å². The molecule has 8 heteroatoms. The summed E-state index contributed by atoms with van der Waals surface area (Å²) in [6, 6.07) is 4.85. The van der Waals surface area contributed by atoms with Crippen LogP contribution in [0.1, 0.15) is 6.92 Å². The molecule has 0 saturated heterocycles. The van der Waals surface area contributed by atoms with Gasteiger partial charge in [0, 0.05) is 30.1 Å². The molecule has 2 heterocycles. The fourth-order valence-corrected chi connectivity index (χ4v) is 2.40. The van der Waals surface area contributed by atoms with Gasteiger partial charge >= 0.3 is 6.03 Å². The van der Waals surface area contributed by atoms with Crippen LogP contribution in [0.5, 0.6) is 5.75 Å². The third-order valence-electron chi connectivity index (χ3n) is 3.42. The molecule has 0 atom stereocenters. The molecule has 1 aromatic carbocycles. The van der Waals surface area contributed by atoms with E-state index in [1.54, 1.807) is 37.5 Å². The number of aromatic amines is 1. The SMILES string of the molecule is CCNC(=O)Nc1nc2c(F)c(OC)c(-c3cccnc3)cc2[nH]1. The van der Waals surface area contributed by atoms with Gasteiger partial charge in [0.25, 0.3) is 0 Å². The number of urea groups is 1. The van der Waals surface area contributed by atoms with Crippen molar-refractivity contribution in [3.8, 4) is 16.9 Å². The first-order valence-electron chi connectivity index (χ1n) is 7.35. The number of aromatic nitrogens is 3. The lowest BCUT2D eigenvalue weighted by Gasteiger charge is -2.09. The molecule has 3 N–H and O–H groups in total. The Hall–Kier alpha value is -3.16. The number of methoxy groups -OCH3 is 1. The molecule has 0 aliphatic carbocycles. The molecule has 2 aromatic heterocycles. The van der Waals surface area contributed by atoms with Crippen LogP contribution in [0.15, 0.2) is 30.6 Å². The molecule has 7 nitrogen and oxygen atoms in total. The first kappa shape index (κ1) is 15.7. The molecule has 2 amide bonds. The molecule has 124 valence electrons. The number of benzene rings is 1. The third-order valence-corrected chi connectivity index (χ3v) is 3.42. The number of hydrogen-bond donors (Lipinski definition) is 3. The highest BCUT2D eigenvalue weighted by Crippen LogP contribution is 2.36. The van der Waals surface area contributed by atoms with Crippen LogP contribution in [0.3, 0.4) is 0 Å². The Labute approximate surface area is 137 Å². The Bertz CT molecular complexity index is 879. The van der Waals surface area contributed by atoms with Crippen molar-refractivity contribution in [3.05, 3.63) is 36.4 Å². The lowest BCUT2D eigenvalue weighted by Crippen LogP contribution is -2.28. The van der Waals surface area contributed by atoms with Gasteiger partial charge in [-0.3, -0.25) is 10.3 Å². The first-order valence-corrected chi connectivity index (χ1v) is 7.35. The van der Waals surface area contributed by atoms with Crippen molar-refractivity contribution >= 4 is 23.0 Å². The minimum atomic E-state index is -0.603. The smallest absolute Gasteiger partial charge is 0.321 e. The Morgan fingerprint density at radius 3 is 2.96 bits per heavy atom. The van der Waals surface area contributed by atoms with E-state index in [0.717, 1.165) is 0 Å². The molecule has 0 aliphatic rings. The Kier molecular flexibility index (Phi) is 4.28. The lowest BCUT2D eigenvalue weighted by atomic mass is 10.1. The maximum atomic E-state index is 14.8. The van der Waals surface area contributed by atoms with Crippen LogP contribution in [-0.2, 0) is 0 Å². The Balaban J connectivity index is 2.09. The number of nitrogens with one attached hydrogen (secondary N) is 3. The number of carbonyl (C=O) groups excluding carboxylic acids is 1. The number of pyridine rings is 1. The summed E-state index contributed by atoms with van der Waals surface area (Å²) in [6.45, 7) is 2.27. The van der Waals surface area contributed by atoms with Crippen molar-refractivity contribution in [1.29, 1.82) is 0 Å². The van der Waals surface area contributed by atoms with E-state index < -0.39 is 11.8 Å². The molecule has 0 saturated carbocycles. The summed E-state index contributed by atoms with van der Waals surface area (Å²) >= 11 is 0. The summed E-state index contributed by atoms with van der Waals surface area (Å²) in [7, 11) is 1.39. The van der Waals surface area contributed by atoms with E-state index in [1.165, 1.54) is 7.11 Å². The highest BCUT2D eigenvalue weighted by atomic mass is 19.1. The highest BCUT2D eigenvalue weighted by molar-refractivity contribution is 5.92. The highest BCUT2D eigenvalue weighted by Gasteiger charge is 2.19. The molecule has 3 aromatic rings. The van der Waals surface area contributed by atoms with Gasteiger partial charge < -0.3 is 15.0 Å². The first-order chi connectivity index (χ1) is 11.6. The maximum Gasteiger partial charge on any atom is 0.321 e. The zero-order chi connectivity index (χ0) is 17.1. The van der Waals surface area contributed by atoms with Crippen molar-refractivity contribution in [3.63, 3.8) is 0 Å². The molecule has 0 spiro atoms. The summed E-state index contributed by atoms with van der Waals surface area (Å²) in [5.41, 5.74) is 1.79. The molecular formula is C16H16FN5O2. The normalized spacial score (nSPS) is 10.6. The van der Waals surface area contributed by atoms with Gasteiger partial charge in [0.2, 0.25) is 5.95 Å². The average Bonchev–Trinajstić information content (AvgIpc) is 2.98. The number of carbonyl (C=O) groups is 1. The maximum absolute atomic E-state index is 14.8. The van der Waals surface area contributed by atoms with Crippen LogP contribution in [0, 0.1) is 5.82 Å². The number of nitrogens with zero attached hydrogens (tertiary/aromatic N) is 2. The fraction of sp³-hybridized carbons (Fsp3) is 0.188. The molecule has 0 unspecified atom stereocenters. The van der Waals surface area contributed by atoms with Crippen molar-refractivity contribution < 1.29 is 13.9 Å². The standard InChI is InChI=1S/C16H16FN5O2/c1-3-19-16(23)22-15-20-11-7-10(9-5-4-6-18-8-9)14(24-2)12(17)13(11)21-15/h4-8H,3H2,1-2H3,(H3,19,20,21,22,23). The van der Waals surface area contributed by atoms with Gasteiger partial charge in [0.05, 0.1) is 12.6 Å². The predicted octanol–water partition coefficient (Wildman–Crippen LogP) is 2.91. The van der Waals surface area contributed by atoms with Crippen molar-refractivity contribution in [2.24, 2.45) is 0 Å². The predicted molar refractivity (Wildman–Crippen MR) is 88.5 cm³/mol. The van der Waals surface area contributed by atoms with E-state index >= 15 is 0 Å². The van der Waals surface area contributed by atoms with Gasteiger partial charge in [0.1, 0.15) is 5.52 Å². The second kappa shape index (κ2) is 6.53. The van der Waals surface area contributed by atoms with Crippen LogP contribution < -0.4 is 15.4 Å². The number of imidazole rings is 1. The summed E-state index contributed by atoms with van der Waals surface area (Å²) in [4.78, 5) is 22.6. The number of hydrogen-bond acceptors (Lipinski definition) is 4. The third kappa shape index (κ3) is 2.85. The molecule has 0 fully saturated rings. The number of H-pyrrole nitrogens is 1. The minimum Gasteiger partial charge on any atom is -0.493 e. The zero-order valence-corrected chi connectivity index (χ0v) is 13.2. The van der Waals surface area contributed by atoms with Crippen LogP contribution in [0.25, 0.3) is 22.2 Å². The second-order valence-electron chi connectivity index (χ2n) is 4.98. The van der Waals surface area contributed by atoms with Gasteiger partial charge in [-0.15, -0.1) is 0 Å². The van der Waals surface area contributed by atoms with Crippen LogP contribution in [-0.4, -0.2) is 34.6 Å². The minimum absolute atomic E-state index is 0.0755. The molecule has 0 aliphatic heterocycles. The number of rotatable bonds is 4. The van der Waals surface area contributed by atoms with Crippen molar-refractivity contribution in [1.82, 2.24) is 20.3 Å². The molecule has 0 radical (unpaired) electrons. The van der Waals surface area contributed by atoms with Crippen LogP contribution in [0.4, 0.5) is 15.1 Å². The van der Waals surface area contributed by atoms with Gasteiger partial charge in [0.15, 0.2) is 11.6 Å². The second-order valence-corrected chi connectivity index (χ2v) is 4.98. The monoisotopic (exact) mass is 329 g/mol. The van der Waals surface area contributed by atoms with E-state index in [1.807, 2.05) is 0 Å². The number of amides is 2. The largest absolute Gasteiger partial charge is 0.493 e. The number of halogens is 1. The number of fused-ring (bicyclic) bond motifs is 1. The summed E-state index contributed by atoms with van der Waals surface area (Å²) in [5, 5.41) is 5.10. The van der Waals surface area contributed by atoms with Crippen LogP contribution in [0.2, 0.25) is 0 Å². The van der Waals surface area contributed by atoms with E-state index in [4.69, 9.17) is 4.74 Å². The topological polar surface area (TPSA) is 91.9 Å². The van der Waals surface area contributed by atoms with E-state index in [0.29, 0.717) is 23.2 Å². The van der Waals surface area contributed by atoms with Gasteiger partial charge in [-0.1, -0.05) is 6.07 Å². The van der Waals surface area contributed by atoms with E-state index in [9.17, 15) is 9.18 Å². The quantitative estimate of drug-likeness (QED) is 0.686. The van der Waals surface area contributed by atoms with E-state index in [-0.39, 0.29) is 17.2 Å². The van der Waals surface area contributed by atoms with Crippen molar-refractivity contribution in [2.75, 3.05) is 19.0 Å². The number of ether oxygens (including phenoxy) is 1. The molecular weight excluding hydrogens is 313 g/mol. The fourth-order valence-electron chi connectivity index (χ4n) is 2.40. The Morgan fingerprint density at radius 2 is 2.29 bits per heavy atom. The summed E-state index contributed by atoms with van der Waals surface area (Å²) in [6.07, 6.45) is 3.25. The average molecular weight is 329 g/mol. The van der Waals surface area contributed by atoms with E-state index in [2.05, 4.69) is 25.6 Å². The molecule has 24 heavy (non-hydrogen) atoms. The molecule has 3 rings (SSSR count). The van der Waals surface area contributed by atoms with Crippen LogP contribution >= 0.6 is 0 Å². The lowest BCUT2D eigenvalue weighted by molar-refractivity contribution is 0.252. The van der Waals surface area contributed by atoms with Crippen molar-refractivity contribution in [2.45, 2.75) is 6.92 Å². The number of anilines is 1.